The number of carbonyl (C=O) groups excluding carboxylic acids is 3. The van der Waals surface area contributed by atoms with Gasteiger partial charge in [0.1, 0.15) is 28.8 Å². The number of ether oxygens (including phenoxy) is 5. The molecule has 0 aromatic carbocycles. The number of Topliss-reactive ketones (excluding diaryl/α,β-unsaturated/α-hetero) is 1. The second-order valence-electron chi connectivity index (χ2n) is 21.1. The van der Waals surface area contributed by atoms with Crippen LogP contribution in [0.25, 0.3) is 0 Å². The van der Waals surface area contributed by atoms with Crippen LogP contribution in [0.3, 0.4) is 0 Å². The number of aliphatic hydroxyl groups excluding tert-OH is 1. The Kier molecular flexibility index (Phi) is 18.7. The lowest BCUT2D eigenvalue weighted by molar-refractivity contribution is -0.336. The summed E-state index contributed by atoms with van der Waals surface area (Å²) in [5, 5.41) is 48.1. The number of allylic oxidation sites excluding steroid dienone is 4. The minimum atomic E-state index is -1.78. The van der Waals surface area contributed by atoms with Gasteiger partial charge in [-0.3, -0.25) is 24.2 Å². The first-order valence-electron chi connectivity index (χ1n) is 24.2. The maximum absolute atomic E-state index is 14.2. The number of nitrogens with one attached hydrogen (secondary N) is 2. The van der Waals surface area contributed by atoms with Crippen molar-refractivity contribution in [2.75, 3.05) is 26.7 Å². The van der Waals surface area contributed by atoms with Crippen LogP contribution in [-0.4, -0.2) is 129 Å². The Hall–Kier alpha value is -4.65. The molecule has 386 valence electrons. The van der Waals surface area contributed by atoms with Crippen LogP contribution in [0.1, 0.15) is 116 Å². The lowest BCUT2D eigenvalue weighted by Gasteiger charge is -2.50. The number of aliphatic carboxylic acids is 1. The summed E-state index contributed by atoms with van der Waals surface area (Å²) < 4.78 is 30.4. The van der Waals surface area contributed by atoms with Crippen LogP contribution >= 0.6 is 0 Å². The molecule has 17 heteroatoms. The number of aliphatic imine (C=N–C) groups is 1. The van der Waals surface area contributed by atoms with Gasteiger partial charge in [-0.2, -0.15) is 0 Å². The summed E-state index contributed by atoms with van der Waals surface area (Å²) in [7, 11) is 1.49. The molecule has 1 aliphatic carbocycles. The van der Waals surface area contributed by atoms with Crippen LogP contribution in [0.4, 0.5) is 0 Å². The molecule has 3 heterocycles. The maximum Gasteiger partial charge on any atom is 0.320 e. The second-order valence-corrected chi connectivity index (χ2v) is 21.1. The first kappa shape index (κ1) is 56.9. The number of aliphatic hydroxyl groups is 3. The lowest BCUT2D eigenvalue weighted by atomic mass is 9.77. The van der Waals surface area contributed by atoms with E-state index in [1.165, 1.54) is 41.1 Å². The third kappa shape index (κ3) is 14.0. The molecular weight excluding hydrogens is 889 g/mol. The highest BCUT2D eigenvalue weighted by Gasteiger charge is 2.50. The molecule has 0 radical (unpaired) electrons. The Morgan fingerprint density at radius 3 is 2.17 bits per heavy atom. The molecule has 69 heavy (non-hydrogen) atoms. The number of piperidine rings is 1. The molecule has 0 aromatic rings. The van der Waals surface area contributed by atoms with Gasteiger partial charge < -0.3 is 59.6 Å². The highest BCUT2D eigenvalue weighted by atomic mass is 16.7. The maximum atomic E-state index is 14.2. The van der Waals surface area contributed by atoms with E-state index in [9.17, 15) is 39.6 Å². The van der Waals surface area contributed by atoms with Gasteiger partial charge in [0.05, 0.1) is 41.6 Å². The van der Waals surface area contributed by atoms with Crippen molar-refractivity contribution in [3.63, 3.8) is 0 Å². The van der Waals surface area contributed by atoms with Gasteiger partial charge in [0, 0.05) is 88.3 Å². The molecule has 6 N–H and O–H groups in total. The summed E-state index contributed by atoms with van der Waals surface area (Å²) in [6.45, 7) is 31.0. The van der Waals surface area contributed by atoms with Crippen molar-refractivity contribution in [3.8, 4) is 0 Å². The predicted molar refractivity (Wildman–Crippen MR) is 261 cm³/mol. The van der Waals surface area contributed by atoms with E-state index in [2.05, 4.69) is 36.0 Å². The van der Waals surface area contributed by atoms with Crippen molar-refractivity contribution in [2.24, 2.45) is 40.5 Å². The van der Waals surface area contributed by atoms with Crippen molar-refractivity contribution >= 4 is 29.3 Å². The summed E-state index contributed by atoms with van der Waals surface area (Å²) in [4.78, 5) is 61.1. The number of carboxylic acid groups (broad SMARTS) is 1. The van der Waals surface area contributed by atoms with Crippen LogP contribution in [0, 0.1) is 35.5 Å². The van der Waals surface area contributed by atoms with Crippen LogP contribution in [-0.2, 0) is 42.9 Å². The fourth-order valence-corrected chi connectivity index (χ4v) is 9.52. The summed E-state index contributed by atoms with van der Waals surface area (Å²) in [6.07, 6.45) is 6.86. The number of rotatable bonds is 20. The molecule has 1 unspecified atom stereocenters. The fraction of sp³-hybridized carbons (Fsp3) is 0.673. The number of ketones is 1. The molecule has 0 saturated carbocycles. The highest BCUT2D eigenvalue weighted by molar-refractivity contribution is 6.32. The summed E-state index contributed by atoms with van der Waals surface area (Å²) in [5.74, 6) is -9.12. The van der Waals surface area contributed by atoms with Gasteiger partial charge in [-0.25, -0.2) is 0 Å². The van der Waals surface area contributed by atoms with Crippen LogP contribution in [0.2, 0.25) is 0 Å². The summed E-state index contributed by atoms with van der Waals surface area (Å²) >= 11 is 0. The number of amides is 1. The molecule has 1 amide bonds. The van der Waals surface area contributed by atoms with Crippen molar-refractivity contribution in [3.05, 3.63) is 71.0 Å². The Bertz CT molecular complexity index is 2110. The van der Waals surface area contributed by atoms with Crippen molar-refractivity contribution < 1.29 is 63.3 Å². The number of methoxy groups -OCH3 is 1. The molecular formula is C52H80N4O13. The molecule has 0 bridgehead atoms. The van der Waals surface area contributed by atoms with E-state index in [4.69, 9.17) is 28.7 Å². The van der Waals surface area contributed by atoms with E-state index in [1.807, 2.05) is 33.8 Å². The number of carbonyl (C=O) groups is 4. The largest absolute Gasteiger partial charge is 0.508 e. The SMILES string of the molecule is C=C1C2=NC3(CCN(CC(C)C)CC3)NC2=C(NC(=O)/C(C)=C\C=C\[C@H](C)[C@@H]2OC(C)(C)O[C@@H]([C@@H](C)[C@H](OC(=O)C(CC)C(=O)O)[C@H](C)[C@H](/C=C/OC(C)(C)O)OC)[C@@H]2C)C(=O)/C1=C(\O)C(C)(C)O. The van der Waals surface area contributed by atoms with E-state index in [1.54, 1.807) is 45.9 Å². The van der Waals surface area contributed by atoms with Gasteiger partial charge in [-0.15, -0.1) is 0 Å². The predicted octanol–water partition coefficient (Wildman–Crippen LogP) is 6.39. The number of likely N-dealkylation sites (tertiary alicyclic amines) is 1. The number of carboxylic acids is 1. The van der Waals surface area contributed by atoms with Gasteiger partial charge in [0.2, 0.25) is 11.6 Å². The number of hydrogen-bond donors (Lipinski definition) is 6. The second kappa shape index (κ2) is 22.6. The smallest absolute Gasteiger partial charge is 0.320 e. The number of esters is 1. The van der Waals surface area contributed by atoms with Crippen molar-refractivity contribution in [2.45, 2.75) is 163 Å². The highest BCUT2D eigenvalue weighted by Crippen LogP contribution is 2.42. The zero-order chi connectivity index (χ0) is 52.1. The molecule has 1 spiro atoms. The van der Waals surface area contributed by atoms with E-state index >= 15 is 0 Å². The third-order valence-corrected chi connectivity index (χ3v) is 13.3. The van der Waals surface area contributed by atoms with E-state index in [0.29, 0.717) is 30.2 Å². The monoisotopic (exact) mass is 969 g/mol. The minimum Gasteiger partial charge on any atom is -0.508 e. The van der Waals surface area contributed by atoms with Gasteiger partial charge in [0.25, 0.3) is 5.91 Å². The van der Waals surface area contributed by atoms with Gasteiger partial charge in [0.15, 0.2) is 11.7 Å². The molecule has 4 aliphatic rings. The number of fused-ring (bicyclic) bond motifs is 1. The number of hydrogen-bond acceptors (Lipinski definition) is 15. The molecule has 2 saturated heterocycles. The quantitative estimate of drug-likeness (QED) is 0.0194. The normalized spacial score (nSPS) is 25.7. The average molecular weight is 969 g/mol. The third-order valence-electron chi connectivity index (χ3n) is 13.3. The molecule has 2 fully saturated rings. The Balaban J connectivity index is 1.60. The summed E-state index contributed by atoms with van der Waals surface area (Å²) in [6, 6.07) is 0. The molecule has 17 nitrogen and oxygen atoms in total. The van der Waals surface area contributed by atoms with Crippen LogP contribution in [0.5, 0.6) is 0 Å². The van der Waals surface area contributed by atoms with Crippen molar-refractivity contribution in [1.29, 1.82) is 0 Å². The van der Waals surface area contributed by atoms with Gasteiger partial charge in [-0.1, -0.05) is 73.3 Å². The van der Waals surface area contributed by atoms with Crippen LogP contribution < -0.4 is 10.6 Å². The molecule has 0 aromatic heterocycles. The van der Waals surface area contributed by atoms with E-state index in [-0.39, 0.29) is 40.7 Å². The first-order chi connectivity index (χ1) is 31.9. The molecule has 3 aliphatic heterocycles. The van der Waals surface area contributed by atoms with E-state index < -0.39 is 94.4 Å². The standard InChI is InChI=1S/C52H80N4O13/c1-17-35(47(60)61)48(62)67-43(31(6)36(65-16)21-26-66-50(12,13)64)34(9)44-33(8)42(68-51(14,15)69-44)29(4)19-18-20-30(5)46(59)53-40-39-38(32(7)37(41(40)57)45(58)49(10,11)63)54-52(55-39)22-24-56(25-23-52)27-28(2)3/h18-21,26,28-29,31,33-36,42-44,55,58,63-64H,7,17,22-25,27H2,1-6,8-16H3,(H,53,59)(H,60,61)/b19-18+,26-21+,30-20-,45-37-/t29-,31+,33+,34-,35?,36-,42-,43+,44+/m0/s1. The van der Waals surface area contributed by atoms with Crippen molar-refractivity contribution in [1.82, 2.24) is 15.5 Å². The first-order valence-corrected chi connectivity index (χ1v) is 24.2. The van der Waals surface area contributed by atoms with E-state index in [0.717, 1.165) is 19.6 Å². The van der Waals surface area contributed by atoms with Gasteiger partial charge >= 0.3 is 11.9 Å². The summed E-state index contributed by atoms with van der Waals surface area (Å²) in [5.41, 5.74) is -1.74. The minimum absolute atomic E-state index is 0.0277. The molecule has 4 rings (SSSR count). The lowest BCUT2D eigenvalue weighted by Crippen LogP contribution is -2.57. The zero-order valence-electron chi connectivity index (χ0n) is 43.5. The van der Waals surface area contributed by atoms with Crippen LogP contribution in [0.15, 0.2) is 76.0 Å². The Labute approximate surface area is 408 Å². The zero-order valence-corrected chi connectivity index (χ0v) is 43.5. The Morgan fingerprint density at radius 2 is 1.64 bits per heavy atom. The fourth-order valence-electron chi connectivity index (χ4n) is 9.52. The molecule has 9 atom stereocenters. The topological polar surface area (TPSA) is 235 Å². The average Bonchev–Trinajstić information content (AvgIpc) is 3.62. The number of nitrogens with zero attached hydrogens (tertiary/aromatic N) is 2. The Morgan fingerprint density at radius 1 is 1.03 bits per heavy atom. The van der Waals surface area contributed by atoms with Gasteiger partial charge in [-0.05, 0) is 53.0 Å².